The molecule has 1 N–H and O–H groups in total. The smallest absolute Gasteiger partial charge is 0.340 e. The van der Waals surface area contributed by atoms with E-state index in [-0.39, 0.29) is 5.41 Å². The van der Waals surface area contributed by atoms with Crippen molar-refractivity contribution in [2.75, 3.05) is 13.7 Å². The number of hydrogen-bond donors (Lipinski definition) is 1. The van der Waals surface area contributed by atoms with Crippen molar-refractivity contribution in [1.29, 1.82) is 0 Å². The van der Waals surface area contributed by atoms with Gasteiger partial charge in [0.25, 0.3) is 0 Å². The maximum absolute atomic E-state index is 12.0. The predicted molar refractivity (Wildman–Crippen MR) is 74.1 cm³/mol. The van der Waals surface area contributed by atoms with Crippen LogP contribution in [0.4, 0.5) is 0 Å². The van der Waals surface area contributed by atoms with Crippen LogP contribution in [0.25, 0.3) is 0 Å². The average molecular weight is 278 g/mol. The Morgan fingerprint density at radius 2 is 2.20 bits per heavy atom. The largest absolute Gasteiger partial charge is 0.467 e. The molecule has 2 fully saturated rings. The van der Waals surface area contributed by atoms with Crippen LogP contribution in [0, 0.1) is 5.41 Å². The molecule has 3 atom stereocenters. The molecular formula is C16H22O4. The summed E-state index contributed by atoms with van der Waals surface area (Å²) in [6.07, 6.45) is 3.45. The maximum atomic E-state index is 12.0. The molecule has 1 spiro atoms. The number of esters is 1. The fraction of sp³-hybridized carbons (Fsp3) is 0.688. The zero-order chi connectivity index (χ0) is 14.5. The minimum absolute atomic E-state index is 0.0114. The highest BCUT2D eigenvalue weighted by Gasteiger charge is 2.58. The van der Waals surface area contributed by atoms with E-state index in [1.165, 1.54) is 18.3 Å². The van der Waals surface area contributed by atoms with Crippen LogP contribution in [0.1, 0.15) is 39.0 Å². The molecule has 0 aromatic carbocycles. The number of rotatable bonds is 2. The first-order valence-corrected chi connectivity index (χ1v) is 7.24. The number of carbonyl (C=O) groups excluding carboxylic acids is 1. The monoisotopic (exact) mass is 278 g/mol. The number of carbonyl (C=O) groups is 1. The molecule has 3 aliphatic rings. The highest BCUT2D eigenvalue weighted by molar-refractivity contribution is 5.80. The van der Waals surface area contributed by atoms with Gasteiger partial charge in [0, 0.05) is 5.41 Å². The number of methoxy groups -OCH3 is 1. The number of fused-ring (bicyclic) bond motifs is 1. The lowest BCUT2D eigenvalue weighted by atomic mass is 9.78. The second kappa shape index (κ2) is 4.43. The first-order chi connectivity index (χ1) is 9.43. The summed E-state index contributed by atoms with van der Waals surface area (Å²) >= 11 is 0. The lowest BCUT2D eigenvalue weighted by Crippen LogP contribution is -2.49. The van der Waals surface area contributed by atoms with Gasteiger partial charge in [-0.25, -0.2) is 4.79 Å². The van der Waals surface area contributed by atoms with E-state index in [9.17, 15) is 9.90 Å². The Morgan fingerprint density at radius 1 is 1.45 bits per heavy atom. The Balaban J connectivity index is 2.02. The van der Waals surface area contributed by atoms with E-state index in [4.69, 9.17) is 9.47 Å². The molecule has 0 unspecified atom stereocenters. The molecule has 1 heterocycles. The number of ether oxygens (including phenoxy) is 2. The van der Waals surface area contributed by atoms with E-state index < -0.39 is 17.7 Å². The topological polar surface area (TPSA) is 55.8 Å². The van der Waals surface area contributed by atoms with E-state index in [0.717, 1.165) is 24.8 Å². The van der Waals surface area contributed by atoms with E-state index in [2.05, 4.69) is 6.58 Å². The zero-order valence-corrected chi connectivity index (χ0v) is 12.2. The van der Waals surface area contributed by atoms with Crippen LogP contribution >= 0.6 is 0 Å². The molecule has 0 amide bonds. The molecule has 0 radical (unpaired) electrons. The number of allylic oxidation sites excluding steroid dienone is 2. The van der Waals surface area contributed by atoms with Crippen molar-refractivity contribution in [3.8, 4) is 0 Å². The summed E-state index contributed by atoms with van der Waals surface area (Å²) in [5.41, 5.74) is 2.28. The van der Waals surface area contributed by atoms with Crippen molar-refractivity contribution in [3.63, 3.8) is 0 Å². The van der Waals surface area contributed by atoms with E-state index in [0.29, 0.717) is 19.4 Å². The Morgan fingerprint density at radius 3 is 2.85 bits per heavy atom. The third-order valence-corrected chi connectivity index (χ3v) is 5.34. The summed E-state index contributed by atoms with van der Waals surface area (Å²) in [6.45, 7) is 6.71. The van der Waals surface area contributed by atoms with E-state index in [1.807, 2.05) is 6.92 Å². The summed E-state index contributed by atoms with van der Waals surface area (Å²) in [6, 6.07) is 0. The van der Waals surface area contributed by atoms with Crippen molar-refractivity contribution in [2.45, 2.75) is 50.7 Å². The predicted octanol–water partition coefficient (Wildman–Crippen LogP) is 2.13. The molecule has 2 aliphatic carbocycles. The summed E-state index contributed by atoms with van der Waals surface area (Å²) in [5.74, 6) is -0.572. The Bertz CT molecular complexity index is 507. The van der Waals surface area contributed by atoms with Crippen LogP contribution in [-0.4, -0.2) is 36.5 Å². The van der Waals surface area contributed by atoms with Crippen molar-refractivity contribution >= 4 is 5.97 Å². The lowest BCUT2D eigenvalue weighted by Gasteiger charge is -2.30. The Hall–Kier alpha value is -1.13. The fourth-order valence-corrected chi connectivity index (χ4v) is 4.18. The highest BCUT2D eigenvalue weighted by Crippen LogP contribution is 2.57. The molecule has 3 rings (SSSR count). The van der Waals surface area contributed by atoms with Crippen LogP contribution in [0.2, 0.25) is 0 Å². The molecule has 0 aromatic rings. The zero-order valence-electron chi connectivity index (χ0n) is 12.2. The van der Waals surface area contributed by atoms with Gasteiger partial charge in [0.2, 0.25) is 0 Å². The van der Waals surface area contributed by atoms with Gasteiger partial charge in [0.1, 0.15) is 0 Å². The first-order valence-electron chi connectivity index (χ1n) is 7.24. The molecule has 20 heavy (non-hydrogen) atoms. The fourth-order valence-electron chi connectivity index (χ4n) is 4.18. The molecular weight excluding hydrogens is 256 g/mol. The highest BCUT2D eigenvalue weighted by atomic mass is 16.6. The third-order valence-electron chi connectivity index (χ3n) is 5.34. The Labute approximate surface area is 119 Å². The van der Waals surface area contributed by atoms with Crippen LogP contribution < -0.4 is 0 Å². The number of aliphatic hydroxyl groups is 1. The average Bonchev–Trinajstić information content (AvgIpc) is 2.97. The van der Waals surface area contributed by atoms with E-state index in [1.54, 1.807) is 0 Å². The van der Waals surface area contributed by atoms with Crippen LogP contribution in [0.3, 0.4) is 0 Å². The minimum atomic E-state index is -1.50. The summed E-state index contributed by atoms with van der Waals surface area (Å²) < 4.78 is 10.6. The molecule has 1 aliphatic heterocycles. The maximum Gasteiger partial charge on any atom is 0.340 e. The minimum Gasteiger partial charge on any atom is -0.467 e. The summed E-state index contributed by atoms with van der Waals surface area (Å²) in [5, 5.41) is 10.7. The second-order valence-electron chi connectivity index (χ2n) is 6.44. The van der Waals surface area contributed by atoms with Crippen LogP contribution in [-0.2, 0) is 14.3 Å². The molecule has 1 saturated carbocycles. The third kappa shape index (κ3) is 1.71. The summed E-state index contributed by atoms with van der Waals surface area (Å²) in [4.78, 5) is 12.0. The number of hydrogen-bond acceptors (Lipinski definition) is 4. The van der Waals surface area contributed by atoms with Gasteiger partial charge in [-0.05, 0) is 44.6 Å². The first kappa shape index (κ1) is 13.8. The van der Waals surface area contributed by atoms with Crippen molar-refractivity contribution in [3.05, 3.63) is 23.3 Å². The molecule has 4 nitrogen and oxygen atoms in total. The SMILES string of the molecule is C=C(C)C1=C2CC[C@@](O)(C(=O)OC)[C@@H]3C[C@@]2(CC1)CO3. The normalized spacial score (nSPS) is 39.5. The molecule has 2 bridgehead atoms. The quantitative estimate of drug-likeness (QED) is 0.786. The Kier molecular flexibility index (Phi) is 3.07. The lowest BCUT2D eigenvalue weighted by molar-refractivity contribution is -0.177. The molecule has 0 aromatic heterocycles. The molecule has 4 heteroatoms. The van der Waals surface area contributed by atoms with Gasteiger partial charge in [0.05, 0.1) is 19.8 Å². The molecule has 1 saturated heterocycles. The van der Waals surface area contributed by atoms with Gasteiger partial charge in [-0.3, -0.25) is 0 Å². The van der Waals surface area contributed by atoms with Gasteiger partial charge >= 0.3 is 5.97 Å². The summed E-state index contributed by atoms with van der Waals surface area (Å²) in [7, 11) is 1.31. The van der Waals surface area contributed by atoms with Crippen LogP contribution in [0.15, 0.2) is 23.3 Å². The van der Waals surface area contributed by atoms with Crippen molar-refractivity contribution in [1.82, 2.24) is 0 Å². The van der Waals surface area contributed by atoms with Crippen LogP contribution in [0.5, 0.6) is 0 Å². The van der Waals surface area contributed by atoms with Gasteiger partial charge in [-0.2, -0.15) is 0 Å². The second-order valence-corrected chi connectivity index (χ2v) is 6.44. The van der Waals surface area contributed by atoms with Gasteiger partial charge in [-0.15, -0.1) is 0 Å². The molecule has 110 valence electrons. The van der Waals surface area contributed by atoms with Gasteiger partial charge < -0.3 is 14.6 Å². The van der Waals surface area contributed by atoms with Gasteiger partial charge in [-0.1, -0.05) is 17.7 Å². The van der Waals surface area contributed by atoms with Gasteiger partial charge in [0.15, 0.2) is 5.60 Å². The van der Waals surface area contributed by atoms with Crippen molar-refractivity contribution < 1.29 is 19.4 Å². The van der Waals surface area contributed by atoms with E-state index >= 15 is 0 Å². The standard InChI is InChI=1S/C16H22O4/c1-10(2)11-4-6-15-8-13(20-9-15)16(18,14(17)19-3)7-5-12(11)15/h13,18H,1,4-9H2,2-3H3/t13-,15-,16-/m0/s1. The van der Waals surface area contributed by atoms with Crippen molar-refractivity contribution in [2.24, 2.45) is 5.41 Å².